The van der Waals surface area contributed by atoms with Crippen LogP contribution in [0.1, 0.15) is 45.4 Å². The maximum atomic E-state index is 10.8. The molecule has 2 heteroatoms. The lowest BCUT2D eigenvalue weighted by molar-refractivity contribution is -0.140. The first kappa shape index (κ1) is 13.9. The van der Waals surface area contributed by atoms with Crippen molar-refractivity contribution >= 4 is 5.97 Å². The van der Waals surface area contributed by atoms with Crippen LogP contribution in [-0.4, -0.2) is 13.1 Å². The average molecular weight is 210 g/mol. The van der Waals surface area contributed by atoms with Crippen LogP contribution in [0.2, 0.25) is 0 Å². The Morgan fingerprint density at radius 3 is 2.53 bits per heavy atom. The quantitative estimate of drug-likeness (QED) is 0.347. The van der Waals surface area contributed by atoms with Gasteiger partial charge in [0.25, 0.3) is 0 Å². The van der Waals surface area contributed by atoms with Crippen molar-refractivity contribution in [2.75, 3.05) is 7.11 Å². The Kier molecular flexibility index (Phi) is 10.3. The number of carbonyl (C=O) groups excluding carboxylic acids is 1. The van der Waals surface area contributed by atoms with Gasteiger partial charge >= 0.3 is 5.97 Å². The molecule has 0 aromatic rings. The molecule has 0 aromatic carbocycles. The molecule has 0 radical (unpaired) electrons. The van der Waals surface area contributed by atoms with Crippen molar-refractivity contribution in [2.45, 2.75) is 45.4 Å². The molecule has 15 heavy (non-hydrogen) atoms. The van der Waals surface area contributed by atoms with E-state index in [1.165, 1.54) is 7.11 Å². The van der Waals surface area contributed by atoms with E-state index in [1.807, 2.05) is 0 Å². The van der Waals surface area contributed by atoms with Gasteiger partial charge in [0.1, 0.15) is 0 Å². The Morgan fingerprint density at radius 2 is 1.87 bits per heavy atom. The van der Waals surface area contributed by atoms with Crippen LogP contribution >= 0.6 is 0 Å². The molecule has 0 heterocycles. The molecule has 0 rings (SSSR count). The van der Waals surface area contributed by atoms with Gasteiger partial charge in [0.05, 0.1) is 7.11 Å². The SMILES string of the molecule is CC/C=C\C/C=C\CCCCC(=O)OC. The van der Waals surface area contributed by atoms with E-state index in [0.29, 0.717) is 6.42 Å². The van der Waals surface area contributed by atoms with Crippen LogP contribution in [0.15, 0.2) is 24.3 Å². The second-order valence-electron chi connectivity index (χ2n) is 3.41. The van der Waals surface area contributed by atoms with E-state index in [4.69, 9.17) is 0 Å². The molecule has 2 nitrogen and oxygen atoms in total. The zero-order valence-corrected chi connectivity index (χ0v) is 9.87. The normalized spacial score (nSPS) is 11.3. The first-order valence-corrected chi connectivity index (χ1v) is 5.68. The second kappa shape index (κ2) is 11.0. The fraction of sp³-hybridized carbons (Fsp3) is 0.615. The van der Waals surface area contributed by atoms with Crippen molar-refractivity contribution in [3.05, 3.63) is 24.3 Å². The number of methoxy groups -OCH3 is 1. The Labute approximate surface area is 93.0 Å². The molecule has 0 fully saturated rings. The molecule has 0 N–H and O–H groups in total. The molecular weight excluding hydrogens is 188 g/mol. The maximum Gasteiger partial charge on any atom is 0.305 e. The average Bonchev–Trinajstić information content (AvgIpc) is 2.26. The molecule has 0 saturated carbocycles. The molecule has 0 unspecified atom stereocenters. The lowest BCUT2D eigenvalue weighted by Gasteiger charge is -1.96. The number of hydrogen-bond acceptors (Lipinski definition) is 2. The zero-order valence-electron chi connectivity index (χ0n) is 9.87. The molecule has 0 amide bonds. The van der Waals surface area contributed by atoms with Crippen LogP contribution in [0.25, 0.3) is 0 Å². The fourth-order valence-corrected chi connectivity index (χ4v) is 1.19. The highest BCUT2D eigenvalue weighted by molar-refractivity contribution is 5.68. The van der Waals surface area contributed by atoms with Gasteiger partial charge in [0.15, 0.2) is 0 Å². The van der Waals surface area contributed by atoms with Crippen LogP contribution in [-0.2, 0) is 9.53 Å². The van der Waals surface area contributed by atoms with E-state index >= 15 is 0 Å². The molecule has 0 spiro atoms. The largest absolute Gasteiger partial charge is 0.469 e. The highest BCUT2D eigenvalue weighted by Crippen LogP contribution is 2.02. The number of ether oxygens (including phenoxy) is 1. The van der Waals surface area contributed by atoms with Crippen LogP contribution < -0.4 is 0 Å². The van der Waals surface area contributed by atoms with Crippen LogP contribution in [0, 0.1) is 0 Å². The van der Waals surface area contributed by atoms with Crippen molar-refractivity contribution in [3.63, 3.8) is 0 Å². The summed E-state index contributed by atoms with van der Waals surface area (Å²) in [5.41, 5.74) is 0. The van der Waals surface area contributed by atoms with E-state index in [0.717, 1.165) is 32.1 Å². The third kappa shape index (κ3) is 10.9. The van der Waals surface area contributed by atoms with Gasteiger partial charge in [-0.25, -0.2) is 0 Å². The summed E-state index contributed by atoms with van der Waals surface area (Å²) in [6.45, 7) is 2.13. The van der Waals surface area contributed by atoms with Gasteiger partial charge < -0.3 is 4.74 Å². The van der Waals surface area contributed by atoms with Gasteiger partial charge in [-0.3, -0.25) is 4.79 Å². The van der Waals surface area contributed by atoms with Gasteiger partial charge in [-0.05, 0) is 32.1 Å². The van der Waals surface area contributed by atoms with Crippen LogP contribution in [0.4, 0.5) is 0 Å². The minimum Gasteiger partial charge on any atom is -0.469 e. The molecule has 0 bridgehead atoms. The van der Waals surface area contributed by atoms with Gasteiger partial charge in [0, 0.05) is 6.42 Å². The maximum absolute atomic E-state index is 10.8. The first-order valence-electron chi connectivity index (χ1n) is 5.68. The number of rotatable bonds is 8. The Morgan fingerprint density at radius 1 is 1.13 bits per heavy atom. The van der Waals surface area contributed by atoms with Gasteiger partial charge in [-0.2, -0.15) is 0 Å². The summed E-state index contributed by atoms with van der Waals surface area (Å²) >= 11 is 0. The number of allylic oxidation sites excluding steroid dienone is 4. The Hall–Kier alpha value is -1.05. The number of unbranched alkanes of at least 4 members (excludes halogenated alkanes) is 2. The second-order valence-corrected chi connectivity index (χ2v) is 3.41. The number of carbonyl (C=O) groups is 1. The van der Waals surface area contributed by atoms with Gasteiger partial charge in [-0.1, -0.05) is 31.2 Å². The van der Waals surface area contributed by atoms with E-state index in [-0.39, 0.29) is 5.97 Å². The molecular formula is C13H22O2. The van der Waals surface area contributed by atoms with E-state index in [1.54, 1.807) is 0 Å². The Bertz CT molecular complexity index is 205. The summed E-state index contributed by atoms with van der Waals surface area (Å²) in [6, 6.07) is 0. The van der Waals surface area contributed by atoms with Gasteiger partial charge in [-0.15, -0.1) is 0 Å². The molecule has 0 aliphatic carbocycles. The summed E-state index contributed by atoms with van der Waals surface area (Å²) in [5, 5.41) is 0. The molecule has 0 atom stereocenters. The standard InChI is InChI=1S/C13H22O2/c1-3-4-5-6-7-8-9-10-11-12-13(14)15-2/h4-5,7-8H,3,6,9-12H2,1-2H3/b5-4-,8-7-. The summed E-state index contributed by atoms with van der Waals surface area (Å²) in [4.78, 5) is 10.8. The van der Waals surface area contributed by atoms with E-state index < -0.39 is 0 Å². The smallest absolute Gasteiger partial charge is 0.305 e. The summed E-state index contributed by atoms with van der Waals surface area (Å²) in [7, 11) is 1.43. The highest BCUT2D eigenvalue weighted by Gasteiger charge is 1.97. The minimum absolute atomic E-state index is 0.107. The number of esters is 1. The van der Waals surface area contributed by atoms with Crippen LogP contribution in [0.3, 0.4) is 0 Å². The highest BCUT2D eigenvalue weighted by atomic mass is 16.5. The molecule has 86 valence electrons. The predicted octanol–water partition coefficient (Wildman–Crippen LogP) is 3.63. The third-order valence-electron chi connectivity index (χ3n) is 2.07. The van der Waals surface area contributed by atoms with Gasteiger partial charge in [0.2, 0.25) is 0 Å². The van der Waals surface area contributed by atoms with Crippen molar-refractivity contribution < 1.29 is 9.53 Å². The Balaban J connectivity index is 3.23. The molecule has 0 aromatic heterocycles. The monoisotopic (exact) mass is 210 g/mol. The zero-order chi connectivity index (χ0) is 11.4. The topological polar surface area (TPSA) is 26.3 Å². The first-order chi connectivity index (χ1) is 7.31. The van der Waals surface area contributed by atoms with Crippen molar-refractivity contribution in [2.24, 2.45) is 0 Å². The number of hydrogen-bond donors (Lipinski definition) is 0. The van der Waals surface area contributed by atoms with Crippen molar-refractivity contribution in [1.82, 2.24) is 0 Å². The molecule has 0 aliphatic rings. The van der Waals surface area contributed by atoms with Crippen molar-refractivity contribution in [3.8, 4) is 0 Å². The lowest BCUT2D eigenvalue weighted by Crippen LogP contribution is -1.98. The fourth-order valence-electron chi connectivity index (χ4n) is 1.19. The predicted molar refractivity (Wildman–Crippen MR) is 63.7 cm³/mol. The molecule has 0 aliphatic heterocycles. The van der Waals surface area contributed by atoms with E-state index in [9.17, 15) is 4.79 Å². The third-order valence-corrected chi connectivity index (χ3v) is 2.07. The van der Waals surface area contributed by atoms with Crippen molar-refractivity contribution in [1.29, 1.82) is 0 Å². The summed E-state index contributed by atoms with van der Waals surface area (Å²) in [6.07, 6.45) is 14.4. The summed E-state index contributed by atoms with van der Waals surface area (Å²) < 4.78 is 4.56. The van der Waals surface area contributed by atoms with Crippen LogP contribution in [0.5, 0.6) is 0 Å². The lowest BCUT2D eigenvalue weighted by atomic mass is 10.2. The summed E-state index contributed by atoms with van der Waals surface area (Å²) in [5.74, 6) is -0.107. The van der Waals surface area contributed by atoms with E-state index in [2.05, 4.69) is 36.0 Å². The molecule has 0 saturated heterocycles. The minimum atomic E-state index is -0.107.